The largest absolute Gasteiger partial charge is 0.374 e. The van der Waals surface area contributed by atoms with E-state index in [1.165, 1.54) is 38.5 Å². The van der Waals surface area contributed by atoms with Crippen LogP contribution in [0.15, 0.2) is 24.3 Å². The lowest BCUT2D eigenvalue weighted by Gasteiger charge is -2.28. The summed E-state index contributed by atoms with van der Waals surface area (Å²) >= 11 is 0. The second-order valence-corrected chi connectivity index (χ2v) is 4.72. The molecule has 0 aromatic carbocycles. The second kappa shape index (κ2) is 8.58. The lowest BCUT2D eigenvalue weighted by Crippen LogP contribution is -2.21. The summed E-state index contributed by atoms with van der Waals surface area (Å²) in [5.74, 6) is 0.975. The molecular formula is C15H26O. The van der Waals surface area contributed by atoms with Gasteiger partial charge in [-0.1, -0.05) is 44.1 Å². The molecule has 1 rings (SSSR count). The van der Waals surface area contributed by atoms with Gasteiger partial charge in [-0.25, -0.2) is 0 Å². The van der Waals surface area contributed by atoms with Gasteiger partial charge in [0.15, 0.2) is 0 Å². The van der Waals surface area contributed by atoms with Gasteiger partial charge >= 0.3 is 0 Å². The quantitative estimate of drug-likeness (QED) is 0.601. The normalized spacial score (nSPS) is 26.9. The van der Waals surface area contributed by atoms with Crippen molar-refractivity contribution >= 4 is 0 Å². The van der Waals surface area contributed by atoms with Gasteiger partial charge in [0.05, 0.1) is 12.7 Å². The number of rotatable bonds is 6. The van der Waals surface area contributed by atoms with Crippen LogP contribution < -0.4 is 0 Å². The summed E-state index contributed by atoms with van der Waals surface area (Å²) in [5, 5.41) is 0. The van der Waals surface area contributed by atoms with E-state index in [1.54, 1.807) is 0 Å². The Morgan fingerprint density at radius 2 is 1.88 bits per heavy atom. The van der Waals surface area contributed by atoms with Gasteiger partial charge in [-0.2, -0.15) is 0 Å². The number of hydrogen-bond donors (Lipinski definition) is 0. The highest BCUT2D eigenvalue weighted by Crippen LogP contribution is 2.29. The molecule has 0 N–H and O–H groups in total. The molecule has 0 aromatic heterocycles. The third kappa shape index (κ3) is 5.50. The molecule has 0 bridgehead atoms. The summed E-state index contributed by atoms with van der Waals surface area (Å²) in [7, 11) is 0. The third-order valence-electron chi connectivity index (χ3n) is 3.36. The first-order valence-corrected chi connectivity index (χ1v) is 6.76. The summed E-state index contributed by atoms with van der Waals surface area (Å²) in [6.45, 7) is 5.09. The number of allylic oxidation sites excluding steroid dienone is 3. The average molecular weight is 222 g/mol. The SMILES string of the molecule is C/C=C/C=C/CO[C@H]1CC[C@H](CCC)CC1. The molecular weight excluding hydrogens is 196 g/mol. The van der Waals surface area contributed by atoms with Crippen LogP contribution in [0.3, 0.4) is 0 Å². The van der Waals surface area contributed by atoms with E-state index in [-0.39, 0.29) is 0 Å². The molecule has 1 aliphatic rings. The Balaban J connectivity index is 2.08. The lowest BCUT2D eigenvalue weighted by molar-refractivity contribution is 0.0336. The summed E-state index contributed by atoms with van der Waals surface area (Å²) in [4.78, 5) is 0. The van der Waals surface area contributed by atoms with E-state index in [1.807, 2.05) is 19.1 Å². The predicted octanol–water partition coefficient (Wildman–Crippen LogP) is 4.49. The predicted molar refractivity (Wildman–Crippen MR) is 70.6 cm³/mol. The van der Waals surface area contributed by atoms with Crippen molar-refractivity contribution in [3.8, 4) is 0 Å². The van der Waals surface area contributed by atoms with Crippen LogP contribution in [-0.4, -0.2) is 12.7 Å². The van der Waals surface area contributed by atoms with Crippen molar-refractivity contribution in [3.63, 3.8) is 0 Å². The molecule has 1 fully saturated rings. The second-order valence-electron chi connectivity index (χ2n) is 4.72. The molecule has 0 aromatic rings. The topological polar surface area (TPSA) is 9.23 Å². The van der Waals surface area contributed by atoms with Gasteiger partial charge in [-0.3, -0.25) is 0 Å². The molecule has 16 heavy (non-hydrogen) atoms. The Bertz CT molecular complexity index is 209. The number of hydrogen-bond acceptors (Lipinski definition) is 1. The van der Waals surface area contributed by atoms with Crippen LogP contribution in [0.25, 0.3) is 0 Å². The molecule has 0 saturated heterocycles. The third-order valence-corrected chi connectivity index (χ3v) is 3.36. The number of ether oxygens (including phenoxy) is 1. The van der Waals surface area contributed by atoms with E-state index >= 15 is 0 Å². The van der Waals surface area contributed by atoms with E-state index in [0.717, 1.165) is 12.5 Å². The molecule has 0 spiro atoms. The summed E-state index contributed by atoms with van der Waals surface area (Å²) in [6, 6.07) is 0. The van der Waals surface area contributed by atoms with E-state index in [2.05, 4.69) is 19.1 Å². The minimum absolute atomic E-state index is 0.517. The van der Waals surface area contributed by atoms with Crippen molar-refractivity contribution in [2.75, 3.05) is 6.61 Å². The van der Waals surface area contributed by atoms with Crippen LogP contribution >= 0.6 is 0 Å². The molecule has 1 nitrogen and oxygen atoms in total. The van der Waals surface area contributed by atoms with Crippen LogP contribution in [0.2, 0.25) is 0 Å². The fourth-order valence-electron chi connectivity index (χ4n) is 2.43. The van der Waals surface area contributed by atoms with Crippen LogP contribution in [0.5, 0.6) is 0 Å². The molecule has 92 valence electrons. The maximum atomic E-state index is 5.84. The van der Waals surface area contributed by atoms with Crippen LogP contribution in [0, 0.1) is 5.92 Å². The molecule has 0 heterocycles. The Kier molecular flexibility index (Phi) is 7.24. The molecule has 1 aliphatic carbocycles. The highest BCUT2D eigenvalue weighted by atomic mass is 16.5. The fourth-order valence-corrected chi connectivity index (χ4v) is 2.43. The molecule has 0 aliphatic heterocycles. The van der Waals surface area contributed by atoms with Crippen molar-refractivity contribution < 1.29 is 4.74 Å². The molecule has 0 amide bonds. The van der Waals surface area contributed by atoms with Crippen molar-refractivity contribution in [2.45, 2.75) is 58.5 Å². The molecule has 1 saturated carbocycles. The van der Waals surface area contributed by atoms with Gasteiger partial charge < -0.3 is 4.74 Å². The summed E-state index contributed by atoms with van der Waals surface area (Å²) in [6.07, 6.45) is 16.8. The Labute approximate surface area is 101 Å². The highest BCUT2D eigenvalue weighted by Gasteiger charge is 2.20. The van der Waals surface area contributed by atoms with Gasteiger partial charge in [0, 0.05) is 0 Å². The minimum Gasteiger partial charge on any atom is -0.374 e. The van der Waals surface area contributed by atoms with E-state index in [4.69, 9.17) is 4.74 Å². The van der Waals surface area contributed by atoms with Gasteiger partial charge in [-0.15, -0.1) is 0 Å². The van der Waals surface area contributed by atoms with Crippen molar-refractivity contribution in [1.29, 1.82) is 0 Å². The summed E-state index contributed by atoms with van der Waals surface area (Å²) < 4.78 is 5.84. The fraction of sp³-hybridized carbons (Fsp3) is 0.733. The molecule has 1 heteroatoms. The Morgan fingerprint density at radius 3 is 2.50 bits per heavy atom. The maximum Gasteiger partial charge on any atom is 0.0654 e. The smallest absolute Gasteiger partial charge is 0.0654 e. The minimum atomic E-state index is 0.517. The Morgan fingerprint density at radius 1 is 1.12 bits per heavy atom. The monoisotopic (exact) mass is 222 g/mol. The first-order valence-electron chi connectivity index (χ1n) is 6.76. The molecule has 0 radical (unpaired) electrons. The van der Waals surface area contributed by atoms with E-state index in [0.29, 0.717) is 6.10 Å². The summed E-state index contributed by atoms with van der Waals surface area (Å²) in [5.41, 5.74) is 0. The standard InChI is InChI=1S/C15H26O/c1-3-5-6-7-13-16-15-11-9-14(8-4-2)10-12-15/h3,5-7,14-15H,4,8-13H2,1-2H3/b5-3+,7-6+/t14-,15-. The Hall–Kier alpha value is -0.560. The zero-order chi connectivity index (χ0) is 11.6. The molecule has 0 atom stereocenters. The van der Waals surface area contributed by atoms with Crippen molar-refractivity contribution in [1.82, 2.24) is 0 Å². The van der Waals surface area contributed by atoms with E-state index < -0.39 is 0 Å². The van der Waals surface area contributed by atoms with Gasteiger partial charge in [0.2, 0.25) is 0 Å². The highest BCUT2D eigenvalue weighted by molar-refractivity contribution is 5.01. The first-order chi connectivity index (χ1) is 7.86. The maximum absolute atomic E-state index is 5.84. The lowest BCUT2D eigenvalue weighted by atomic mass is 9.85. The first kappa shape index (κ1) is 13.5. The van der Waals surface area contributed by atoms with E-state index in [9.17, 15) is 0 Å². The molecule has 0 unspecified atom stereocenters. The van der Waals surface area contributed by atoms with Gasteiger partial charge in [0.25, 0.3) is 0 Å². The van der Waals surface area contributed by atoms with Crippen LogP contribution in [0.1, 0.15) is 52.4 Å². The van der Waals surface area contributed by atoms with Gasteiger partial charge in [0.1, 0.15) is 0 Å². The van der Waals surface area contributed by atoms with Crippen LogP contribution in [-0.2, 0) is 4.74 Å². The zero-order valence-corrected chi connectivity index (χ0v) is 10.8. The average Bonchev–Trinajstić information content (AvgIpc) is 2.31. The van der Waals surface area contributed by atoms with Crippen molar-refractivity contribution in [3.05, 3.63) is 24.3 Å². The van der Waals surface area contributed by atoms with Gasteiger partial charge in [-0.05, 0) is 38.5 Å². The van der Waals surface area contributed by atoms with Crippen molar-refractivity contribution in [2.24, 2.45) is 5.92 Å². The zero-order valence-electron chi connectivity index (χ0n) is 10.8. The van der Waals surface area contributed by atoms with Crippen LogP contribution in [0.4, 0.5) is 0 Å².